The second-order valence-electron chi connectivity index (χ2n) is 13.0. The van der Waals surface area contributed by atoms with Gasteiger partial charge in [0.2, 0.25) is 5.91 Å². The SMILES string of the molecule is CCCCCCC/C=C\C/C=C\C/C=C\CCCCCCCCC(=O)NC(CO)C(O)/C=C/CC/C=C/CCCCCCCCC. The largest absolute Gasteiger partial charge is 0.394 e. The van der Waals surface area contributed by atoms with Crippen molar-refractivity contribution in [1.29, 1.82) is 0 Å². The molecule has 2 atom stereocenters. The maximum absolute atomic E-state index is 12.3. The van der Waals surface area contributed by atoms with Crippen molar-refractivity contribution in [2.24, 2.45) is 0 Å². The zero-order chi connectivity index (χ0) is 33.6. The van der Waals surface area contributed by atoms with E-state index in [1.165, 1.54) is 103 Å². The average Bonchev–Trinajstić information content (AvgIpc) is 3.06. The van der Waals surface area contributed by atoms with Gasteiger partial charge >= 0.3 is 0 Å². The van der Waals surface area contributed by atoms with E-state index in [0.717, 1.165) is 57.8 Å². The van der Waals surface area contributed by atoms with E-state index < -0.39 is 12.1 Å². The first-order chi connectivity index (χ1) is 22.7. The summed E-state index contributed by atoms with van der Waals surface area (Å²) in [6.45, 7) is 4.25. The lowest BCUT2D eigenvalue weighted by molar-refractivity contribution is -0.123. The number of unbranched alkanes of at least 4 members (excludes halogenated alkanes) is 19. The Kier molecular flexibility index (Phi) is 36.0. The van der Waals surface area contributed by atoms with Crippen LogP contribution in [0, 0.1) is 0 Å². The normalized spacial score (nSPS) is 13.7. The number of hydrogen-bond donors (Lipinski definition) is 3. The molecule has 0 radical (unpaired) electrons. The molecule has 46 heavy (non-hydrogen) atoms. The van der Waals surface area contributed by atoms with Crippen LogP contribution in [0.25, 0.3) is 0 Å². The Morgan fingerprint density at radius 3 is 1.41 bits per heavy atom. The van der Waals surface area contributed by atoms with E-state index in [2.05, 4.69) is 67.8 Å². The maximum Gasteiger partial charge on any atom is 0.220 e. The molecule has 0 aromatic heterocycles. The molecular weight excluding hydrogens is 566 g/mol. The van der Waals surface area contributed by atoms with Gasteiger partial charge in [0, 0.05) is 6.42 Å². The Balaban J connectivity index is 3.70. The molecule has 0 bridgehead atoms. The number of carbonyl (C=O) groups is 1. The molecule has 0 spiro atoms. The van der Waals surface area contributed by atoms with Gasteiger partial charge in [-0.1, -0.05) is 164 Å². The Labute approximate surface area is 286 Å². The summed E-state index contributed by atoms with van der Waals surface area (Å²) in [7, 11) is 0. The van der Waals surface area contributed by atoms with Crippen LogP contribution >= 0.6 is 0 Å². The van der Waals surface area contributed by atoms with E-state index in [0.29, 0.717) is 6.42 Å². The van der Waals surface area contributed by atoms with Gasteiger partial charge in [-0.2, -0.15) is 0 Å². The molecule has 4 nitrogen and oxygen atoms in total. The number of nitrogens with one attached hydrogen (secondary N) is 1. The molecule has 0 saturated carbocycles. The van der Waals surface area contributed by atoms with Gasteiger partial charge in [-0.05, 0) is 70.6 Å². The summed E-state index contributed by atoms with van der Waals surface area (Å²) in [5, 5.41) is 22.9. The first kappa shape index (κ1) is 44.1. The van der Waals surface area contributed by atoms with Crippen LogP contribution in [0.4, 0.5) is 0 Å². The molecule has 266 valence electrons. The second kappa shape index (κ2) is 37.5. The number of aliphatic hydroxyl groups is 2. The molecule has 0 aliphatic rings. The van der Waals surface area contributed by atoms with Crippen molar-refractivity contribution in [1.82, 2.24) is 5.32 Å². The number of aliphatic hydroxyl groups excluding tert-OH is 2. The Morgan fingerprint density at radius 2 is 0.913 bits per heavy atom. The van der Waals surface area contributed by atoms with E-state index in [9.17, 15) is 15.0 Å². The van der Waals surface area contributed by atoms with Crippen LogP contribution < -0.4 is 5.32 Å². The minimum Gasteiger partial charge on any atom is -0.394 e. The summed E-state index contributed by atoms with van der Waals surface area (Å²) in [6.07, 6.45) is 51.6. The molecule has 0 aromatic rings. The molecule has 2 unspecified atom stereocenters. The van der Waals surface area contributed by atoms with Crippen molar-refractivity contribution in [3.8, 4) is 0 Å². The van der Waals surface area contributed by atoms with Crippen molar-refractivity contribution in [3.05, 3.63) is 60.8 Å². The van der Waals surface area contributed by atoms with Gasteiger partial charge in [0.05, 0.1) is 18.8 Å². The van der Waals surface area contributed by atoms with Crippen molar-refractivity contribution in [2.75, 3.05) is 6.61 Å². The summed E-state index contributed by atoms with van der Waals surface area (Å²) in [5.41, 5.74) is 0. The summed E-state index contributed by atoms with van der Waals surface area (Å²) < 4.78 is 0. The van der Waals surface area contributed by atoms with Gasteiger partial charge in [-0.25, -0.2) is 0 Å². The summed E-state index contributed by atoms with van der Waals surface area (Å²) >= 11 is 0. The molecule has 1 amide bonds. The topological polar surface area (TPSA) is 69.6 Å². The second-order valence-corrected chi connectivity index (χ2v) is 13.0. The van der Waals surface area contributed by atoms with Gasteiger partial charge in [0.15, 0.2) is 0 Å². The van der Waals surface area contributed by atoms with E-state index in [1.54, 1.807) is 6.08 Å². The molecule has 0 aliphatic carbocycles. The fourth-order valence-electron chi connectivity index (χ4n) is 5.43. The van der Waals surface area contributed by atoms with Crippen molar-refractivity contribution < 1.29 is 15.0 Å². The number of carbonyl (C=O) groups excluding carboxylic acids is 1. The van der Waals surface area contributed by atoms with Crippen LogP contribution in [0.2, 0.25) is 0 Å². The molecule has 0 heterocycles. The van der Waals surface area contributed by atoms with E-state index in [4.69, 9.17) is 0 Å². The first-order valence-corrected chi connectivity index (χ1v) is 19.5. The van der Waals surface area contributed by atoms with Crippen LogP contribution in [-0.2, 0) is 4.79 Å². The van der Waals surface area contributed by atoms with Crippen LogP contribution in [0.1, 0.15) is 181 Å². The quantitative estimate of drug-likeness (QED) is 0.0483. The number of amides is 1. The van der Waals surface area contributed by atoms with Crippen LogP contribution in [-0.4, -0.2) is 34.9 Å². The van der Waals surface area contributed by atoms with Crippen molar-refractivity contribution in [2.45, 2.75) is 193 Å². The molecule has 0 fully saturated rings. The summed E-state index contributed by atoms with van der Waals surface area (Å²) in [5.74, 6) is -0.0900. The third kappa shape index (κ3) is 33.5. The van der Waals surface area contributed by atoms with Crippen LogP contribution in [0.15, 0.2) is 60.8 Å². The first-order valence-electron chi connectivity index (χ1n) is 19.5. The van der Waals surface area contributed by atoms with Gasteiger partial charge in [0.1, 0.15) is 0 Å². The predicted octanol–water partition coefficient (Wildman–Crippen LogP) is 11.8. The Morgan fingerprint density at radius 1 is 0.522 bits per heavy atom. The highest BCUT2D eigenvalue weighted by atomic mass is 16.3. The highest BCUT2D eigenvalue weighted by Gasteiger charge is 2.17. The lowest BCUT2D eigenvalue weighted by Gasteiger charge is -2.19. The third-order valence-electron chi connectivity index (χ3n) is 8.47. The number of hydrogen-bond acceptors (Lipinski definition) is 3. The van der Waals surface area contributed by atoms with E-state index in [1.807, 2.05) is 6.08 Å². The van der Waals surface area contributed by atoms with Gasteiger partial charge in [-0.15, -0.1) is 0 Å². The van der Waals surface area contributed by atoms with E-state index >= 15 is 0 Å². The highest BCUT2D eigenvalue weighted by Crippen LogP contribution is 2.11. The monoisotopic (exact) mass is 642 g/mol. The van der Waals surface area contributed by atoms with Gasteiger partial charge in [0.25, 0.3) is 0 Å². The summed E-state index contributed by atoms with van der Waals surface area (Å²) in [4.78, 5) is 12.3. The fourth-order valence-corrected chi connectivity index (χ4v) is 5.43. The molecular formula is C42H75NO3. The van der Waals surface area contributed by atoms with E-state index in [-0.39, 0.29) is 12.5 Å². The van der Waals surface area contributed by atoms with Crippen LogP contribution in [0.5, 0.6) is 0 Å². The zero-order valence-electron chi connectivity index (χ0n) is 30.3. The molecule has 3 N–H and O–H groups in total. The summed E-state index contributed by atoms with van der Waals surface area (Å²) in [6, 6.07) is -0.646. The number of rotatable bonds is 34. The maximum atomic E-state index is 12.3. The van der Waals surface area contributed by atoms with Crippen molar-refractivity contribution in [3.63, 3.8) is 0 Å². The lowest BCUT2D eigenvalue weighted by Crippen LogP contribution is -2.45. The lowest BCUT2D eigenvalue weighted by atomic mass is 10.1. The highest BCUT2D eigenvalue weighted by molar-refractivity contribution is 5.76. The molecule has 0 aromatic carbocycles. The molecule has 4 heteroatoms. The molecule has 0 aliphatic heterocycles. The zero-order valence-corrected chi connectivity index (χ0v) is 30.3. The van der Waals surface area contributed by atoms with Gasteiger partial charge < -0.3 is 15.5 Å². The smallest absolute Gasteiger partial charge is 0.220 e. The molecule has 0 saturated heterocycles. The third-order valence-corrected chi connectivity index (χ3v) is 8.47. The Hall–Kier alpha value is -1.91. The standard InChI is InChI=1S/C42H75NO3/c1-3-5-7-9-11-13-15-17-18-19-20-21-22-23-24-26-28-30-32-34-36-38-42(46)43-40(39-44)41(45)37-35-33-31-29-27-25-16-14-12-10-8-6-4-2/h15,17,19-20,22-23,27,29,35,37,40-41,44-45H,3-14,16,18,21,24-26,28,30-34,36,38-39H2,1-2H3,(H,43,46)/b17-15-,20-19-,23-22-,29-27+,37-35+. The predicted molar refractivity (Wildman–Crippen MR) is 202 cm³/mol. The fraction of sp³-hybridized carbons (Fsp3) is 0.738. The minimum atomic E-state index is -0.868. The minimum absolute atomic E-state index is 0.0900. The number of allylic oxidation sites excluding steroid dienone is 9. The van der Waals surface area contributed by atoms with Crippen molar-refractivity contribution >= 4 is 5.91 Å². The van der Waals surface area contributed by atoms with Gasteiger partial charge in [-0.3, -0.25) is 4.79 Å². The Bertz CT molecular complexity index is 782. The van der Waals surface area contributed by atoms with Crippen LogP contribution in [0.3, 0.4) is 0 Å². The average molecular weight is 642 g/mol. The molecule has 0 rings (SSSR count).